The summed E-state index contributed by atoms with van der Waals surface area (Å²) in [4.78, 5) is 2.53. The molecule has 1 aliphatic rings. The van der Waals surface area contributed by atoms with Crippen molar-refractivity contribution in [1.29, 1.82) is 0 Å². The van der Waals surface area contributed by atoms with Gasteiger partial charge in [0.15, 0.2) is 9.84 Å². The van der Waals surface area contributed by atoms with Gasteiger partial charge in [-0.3, -0.25) is 4.90 Å². The van der Waals surface area contributed by atoms with Gasteiger partial charge in [0.1, 0.15) is 0 Å². The average Bonchev–Trinajstić information content (AvgIpc) is 2.81. The van der Waals surface area contributed by atoms with Crippen LogP contribution in [0.15, 0.2) is 94.7 Å². The van der Waals surface area contributed by atoms with Crippen LogP contribution in [0.1, 0.15) is 17.2 Å². The lowest BCUT2D eigenvalue weighted by atomic mass is 9.96. The van der Waals surface area contributed by atoms with Crippen LogP contribution >= 0.6 is 0 Å². The maximum atomic E-state index is 13.1. The molecule has 0 spiro atoms. The SMILES string of the molecule is CS(=O)(=O)c1ccc(S(=O)(=O)N2CCN(C(c3ccccc3)c3ccccc3)CC2)cc1. The van der Waals surface area contributed by atoms with E-state index in [1.54, 1.807) is 0 Å². The summed E-state index contributed by atoms with van der Waals surface area (Å²) in [7, 11) is -7.07. The second-order valence-electron chi connectivity index (χ2n) is 7.91. The lowest BCUT2D eigenvalue weighted by Crippen LogP contribution is -2.49. The van der Waals surface area contributed by atoms with E-state index >= 15 is 0 Å². The van der Waals surface area contributed by atoms with E-state index in [0.717, 1.165) is 6.26 Å². The van der Waals surface area contributed by atoms with Crippen LogP contribution in [0.25, 0.3) is 0 Å². The number of sulfonamides is 1. The van der Waals surface area contributed by atoms with E-state index in [0.29, 0.717) is 26.2 Å². The van der Waals surface area contributed by atoms with Crippen molar-refractivity contribution in [2.24, 2.45) is 0 Å². The number of sulfone groups is 1. The molecule has 6 nitrogen and oxygen atoms in total. The minimum Gasteiger partial charge on any atom is -0.290 e. The van der Waals surface area contributed by atoms with E-state index in [-0.39, 0.29) is 15.8 Å². The molecule has 0 N–H and O–H groups in total. The zero-order valence-electron chi connectivity index (χ0n) is 17.8. The monoisotopic (exact) mass is 470 g/mol. The molecule has 0 radical (unpaired) electrons. The highest BCUT2D eigenvalue weighted by molar-refractivity contribution is 7.90. The van der Waals surface area contributed by atoms with Crippen LogP contribution in [0.3, 0.4) is 0 Å². The predicted octanol–water partition coefficient (Wildman–Crippen LogP) is 3.19. The highest BCUT2D eigenvalue weighted by atomic mass is 32.2. The number of hydrogen-bond donors (Lipinski definition) is 0. The summed E-state index contributed by atoms with van der Waals surface area (Å²) in [6, 6.07) is 26.0. The van der Waals surface area contributed by atoms with Gasteiger partial charge in [-0.25, -0.2) is 16.8 Å². The van der Waals surface area contributed by atoms with Gasteiger partial charge in [-0.2, -0.15) is 4.31 Å². The summed E-state index contributed by atoms with van der Waals surface area (Å²) in [5.41, 5.74) is 2.35. The second kappa shape index (κ2) is 9.15. The summed E-state index contributed by atoms with van der Waals surface area (Å²) in [5.74, 6) is 0. The van der Waals surface area contributed by atoms with Gasteiger partial charge in [0.2, 0.25) is 10.0 Å². The minimum atomic E-state index is -3.69. The van der Waals surface area contributed by atoms with E-state index in [1.165, 1.54) is 39.7 Å². The Morgan fingerprint density at radius 2 is 1.06 bits per heavy atom. The molecule has 8 heteroatoms. The Labute approximate surface area is 190 Å². The molecule has 1 saturated heterocycles. The van der Waals surface area contributed by atoms with Gasteiger partial charge in [-0.05, 0) is 35.4 Å². The van der Waals surface area contributed by atoms with E-state index in [2.05, 4.69) is 29.2 Å². The Morgan fingerprint density at radius 3 is 1.50 bits per heavy atom. The Bertz CT molecular complexity index is 1210. The lowest BCUT2D eigenvalue weighted by Gasteiger charge is -2.39. The highest BCUT2D eigenvalue weighted by Crippen LogP contribution is 2.30. The quantitative estimate of drug-likeness (QED) is 0.553. The normalized spacial score (nSPS) is 16.3. The molecule has 0 aromatic heterocycles. The number of piperazine rings is 1. The molecule has 32 heavy (non-hydrogen) atoms. The second-order valence-corrected chi connectivity index (χ2v) is 11.9. The van der Waals surface area contributed by atoms with Crippen molar-refractivity contribution in [1.82, 2.24) is 9.21 Å². The van der Waals surface area contributed by atoms with E-state index in [4.69, 9.17) is 0 Å². The van der Waals surface area contributed by atoms with Crippen molar-refractivity contribution in [3.63, 3.8) is 0 Å². The fourth-order valence-corrected chi connectivity index (χ4v) is 6.15. The van der Waals surface area contributed by atoms with Gasteiger partial charge in [-0.1, -0.05) is 60.7 Å². The Morgan fingerprint density at radius 1 is 0.625 bits per heavy atom. The smallest absolute Gasteiger partial charge is 0.243 e. The van der Waals surface area contributed by atoms with Gasteiger partial charge in [0.05, 0.1) is 15.8 Å². The van der Waals surface area contributed by atoms with E-state index in [1.807, 2.05) is 36.4 Å². The largest absolute Gasteiger partial charge is 0.290 e. The minimum absolute atomic E-state index is 0.0521. The van der Waals surface area contributed by atoms with Crippen LogP contribution in [0, 0.1) is 0 Å². The summed E-state index contributed by atoms with van der Waals surface area (Å²) in [6.45, 7) is 1.92. The number of benzene rings is 3. The molecule has 0 bridgehead atoms. The molecular weight excluding hydrogens is 444 g/mol. The fraction of sp³-hybridized carbons (Fsp3) is 0.250. The summed E-state index contributed by atoms with van der Waals surface area (Å²) < 4.78 is 51.1. The number of nitrogens with zero attached hydrogens (tertiary/aromatic N) is 2. The van der Waals surface area contributed by atoms with Crippen molar-refractivity contribution in [3.8, 4) is 0 Å². The van der Waals surface area contributed by atoms with Crippen LogP contribution in [0.5, 0.6) is 0 Å². The molecule has 0 aliphatic carbocycles. The van der Waals surface area contributed by atoms with Crippen molar-refractivity contribution < 1.29 is 16.8 Å². The predicted molar refractivity (Wildman–Crippen MR) is 125 cm³/mol. The van der Waals surface area contributed by atoms with Crippen molar-refractivity contribution in [2.45, 2.75) is 15.8 Å². The van der Waals surface area contributed by atoms with Crippen LogP contribution in [-0.4, -0.2) is 58.5 Å². The molecule has 3 aromatic carbocycles. The molecule has 1 heterocycles. The molecule has 4 rings (SSSR count). The molecule has 1 aliphatic heterocycles. The van der Waals surface area contributed by atoms with E-state index < -0.39 is 19.9 Å². The third kappa shape index (κ3) is 4.78. The third-order valence-corrected chi connectivity index (χ3v) is 8.80. The van der Waals surface area contributed by atoms with Crippen LogP contribution < -0.4 is 0 Å². The maximum absolute atomic E-state index is 13.1. The van der Waals surface area contributed by atoms with Crippen LogP contribution in [-0.2, 0) is 19.9 Å². The van der Waals surface area contributed by atoms with Gasteiger partial charge in [-0.15, -0.1) is 0 Å². The number of hydrogen-bond acceptors (Lipinski definition) is 5. The van der Waals surface area contributed by atoms with Crippen LogP contribution in [0.4, 0.5) is 0 Å². The molecule has 0 saturated carbocycles. The van der Waals surface area contributed by atoms with Crippen LogP contribution in [0.2, 0.25) is 0 Å². The zero-order chi connectivity index (χ0) is 22.8. The Balaban J connectivity index is 1.53. The van der Waals surface area contributed by atoms with Gasteiger partial charge >= 0.3 is 0 Å². The summed E-state index contributed by atoms with van der Waals surface area (Å²) in [5, 5.41) is 0. The first kappa shape index (κ1) is 22.7. The van der Waals surface area contributed by atoms with Gasteiger partial charge < -0.3 is 0 Å². The molecule has 1 fully saturated rings. The van der Waals surface area contributed by atoms with Crippen molar-refractivity contribution >= 4 is 19.9 Å². The topological polar surface area (TPSA) is 74.8 Å². The molecule has 0 amide bonds. The van der Waals surface area contributed by atoms with Crippen molar-refractivity contribution in [3.05, 3.63) is 96.1 Å². The molecule has 0 atom stereocenters. The van der Waals surface area contributed by atoms with Crippen molar-refractivity contribution in [2.75, 3.05) is 32.4 Å². The highest BCUT2D eigenvalue weighted by Gasteiger charge is 2.32. The first-order valence-corrected chi connectivity index (χ1v) is 13.7. The Hall–Kier alpha value is -2.52. The maximum Gasteiger partial charge on any atom is 0.243 e. The first-order chi connectivity index (χ1) is 15.3. The van der Waals surface area contributed by atoms with Gasteiger partial charge in [0.25, 0.3) is 0 Å². The van der Waals surface area contributed by atoms with E-state index in [9.17, 15) is 16.8 Å². The molecule has 168 valence electrons. The fourth-order valence-electron chi connectivity index (χ4n) is 4.09. The Kier molecular flexibility index (Phi) is 6.48. The zero-order valence-corrected chi connectivity index (χ0v) is 19.5. The summed E-state index contributed by atoms with van der Waals surface area (Å²) in [6.07, 6.45) is 1.10. The number of rotatable bonds is 6. The van der Waals surface area contributed by atoms with Gasteiger partial charge in [0, 0.05) is 32.4 Å². The standard InChI is InChI=1S/C24H26N2O4S2/c1-31(27,28)22-12-14-23(15-13-22)32(29,30)26-18-16-25(17-19-26)24(20-8-4-2-5-9-20)21-10-6-3-7-11-21/h2-15,24H,16-19H2,1H3. The lowest BCUT2D eigenvalue weighted by molar-refractivity contribution is 0.156. The molecule has 0 unspecified atom stereocenters. The first-order valence-electron chi connectivity index (χ1n) is 10.4. The average molecular weight is 471 g/mol. The summed E-state index contributed by atoms with van der Waals surface area (Å²) >= 11 is 0. The molecule has 3 aromatic rings. The third-order valence-electron chi connectivity index (χ3n) is 5.76. The molecular formula is C24H26N2O4S2.